The van der Waals surface area contributed by atoms with Crippen LogP contribution in [-0.4, -0.2) is 34.5 Å². The van der Waals surface area contributed by atoms with Crippen molar-refractivity contribution in [3.8, 4) is 11.4 Å². The molecule has 0 saturated carbocycles. The molecule has 2 aromatic heterocycles. The maximum atomic E-state index is 5.04. The zero-order chi connectivity index (χ0) is 19.9. The highest BCUT2D eigenvalue weighted by Crippen LogP contribution is 2.32. The monoisotopic (exact) mass is 376 g/mol. The van der Waals surface area contributed by atoms with Crippen molar-refractivity contribution >= 4 is 11.4 Å². The zero-order valence-electron chi connectivity index (χ0n) is 17.8. The smallest absolute Gasteiger partial charge is 0.0991 e. The Labute approximate surface area is 169 Å². The van der Waals surface area contributed by atoms with Crippen LogP contribution in [-0.2, 0) is 12.8 Å². The molecule has 0 N–H and O–H groups in total. The molecule has 0 unspecified atom stereocenters. The molecular weight excluding hydrogens is 344 g/mol. The first-order valence-corrected chi connectivity index (χ1v) is 10.8. The Morgan fingerprint density at radius 2 is 1.07 bits per heavy atom. The number of rotatable bonds is 8. The van der Waals surface area contributed by atoms with Crippen molar-refractivity contribution in [1.82, 2.24) is 9.97 Å². The van der Waals surface area contributed by atoms with Gasteiger partial charge in [0.05, 0.1) is 22.8 Å². The van der Waals surface area contributed by atoms with E-state index in [2.05, 4.69) is 52.0 Å². The van der Waals surface area contributed by atoms with Crippen LogP contribution in [0.3, 0.4) is 0 Å². The number of nitrogens with zero attached hydrogens (tertiary/aromatic N) is 4. The second-order valence-corrected chi connectivity index (χ2v) is 7.25. The minimum Gasteiger partial charge on any atom is -0.283 e. The highest BCUT2D eigenvalue weighted by molar-refractivity contribution is 6.56. The first-order chi connectivity index (χ1) is 13.7. The molecule has 148 valence electrons. The largest absolute Gasteiger partial charge is 0.283 e. The molecule has 0 aromatic carbocycles. The SMILES string of the molecule is CCCCc1ccc2c(n1)-c1nc(CCCC)ccc1C(=NCC)C2=NCC. The van der Waals surface area contributed by atoms with E-state index >= 15 is 0 Å². The third-order valence-corrected chi connectivity index (χ3v) is 5.07. The fourth-order valence-electron chi connectivity index (χ4n) is 3.63. The van der Waals surface area contributed by atoms with E-state index in [-0.39, 0.29) is 0 Å². The molecule has 28 heavy (non-hydrogen) atoms. The molecule has 1 aliphatic carbocycles. The molecule has 2 aromatic rings. The molecule has 4 nitrogen and oxygen atoms in total. The summed E-state index contributed by atoms with van der Waals surface area (Å²) < 4.78 is 0. The van der Waals surface area contributed by atoms with Gasteiger partial charge in [0.25, 0.3) is 0 Å². The van der Waals surface area contributed by atoms with Crippen molar-refractivity contribution in [2.45, 2.75) is 66.2 Å². The zero-order valence-corrected chi connectivity index (χ0v) is 17.8. The summed E-state index contributed by atoms with van der Waals surface area (Å²) in [5.74, 6) is 0. The Bertz CT molecular complexity index is 807. The lowest BCUT2D eigenvalue weighted by atomic mass is 9.88. The van der Waals surface area contributed by atoms with E-state index in [4.69, 9.17) is 20.0 Å². The van der Waals surface area contributed by atoms with Crippen molar-refractivity contribution in [2.75, 3.05) is 13.1 Å². The molecule has 2 heterocycles. The van der Waals surface area contributed by atoms with Gasteiger partial charge in [-0.15, -0.1) is 0 Å². The normalized spacial score (nSPS) is 15.7. The summed E-state index contributed by atoms with van der Waals surface area (Å²) >= 11 is 0. The van der Waals surface area contributed by atoms with Gasteiger partial charge >= 0.3 is 0 Å². The summed E-state index contributed by atoms with van der Waals surface area (Å²) in [5, 5.41) is 0. The van der Waals surface area contributed by atoms with Crippen LogP contribution in [0, 0.1) is 0 Å². The molecular formula is C24H32N4. The van der Waals surface area contributed by atoms with Crippen LogP contribution in [0.15, 0.2) is 34.3 Å². The van der Waals surface area contributed by atoms with E-state index in [0.717, 1.165) is 84.1 Å². The molecule has 0 atom stereocenters. The predicted octanol–water partition coefficient (Wildman–Crippen LogP) is 5.46. The minimum atomic E-state index is 0.729. The van der Waals surface area contributed by atoms with Gasteiger partial charge in [0.2, 0.25) is 0 Å². The molecule has 0 aliphatic heterocycles. The maximum Gasteiger partial charge on any atom is 0.0991 e. The lowest BCUT2D eigenvalue weighted by Crippen LogP contribution is -2.26. The van der Waals surface area contributed by atoms with Crippen molar-refractivity contribution in [2.24, 2.45) is 9.98 Å². The van der Waals surface area contributed by atoms with Gasteiger partial charge in [-0.05, 0) is 63.8 Å². The van der Waals surface area contributed by atoms with Crippen LogP contribution in [0.25, 0.3) is 11.4 Å². The van der Waals surface area contributed by atoms with Crippen molar-refractivity contribution in [1.29, 1.82) is 0 Å². The number of unbranched alkanes of at least 4 members (excludes halogenated alkanes) is 2. The Morgan fingerprint density at radius 3 is 1.43 bits per heavy atom. The van der Waals surface area contributed by atoms with E-state index in [0.29, 0.717) is 0 Å². The Balaban J connectivity index is 2.19. The van der Waals surface area contributed by atoms with Gasteiger partial charge in [-0.1, -0.05) is 26.7 Å². The molecule has 0 amide bonds. The van der Waals surface area contributed by atoms with Gasteiger partial charge in [0, 0.05) is 35.6 Å². The first kappa shape index (κ1) is 20.4. The molecule has 0 saturated heterocycles. The number of aromatic nitrogens is 2. The average Bonchev–Trinajstić information content (AvgIpc) is 2.73. The highest BCUT2D eigenvalue weighted by Gasteiger charge is 2.29. The first-order valence-electron chi connectivity index (χ1n) is 10.8. The van der Waals surface area contributed by atoms with E-state index in [1.807, 2.05) is 0 Å². The summed E-state index contributed by atoms with van der Waals surface area (Å²) in [5.41, 5.74) is 8.30. The molecule has 0 bridgehead atoms. The number of hydrogen-bond donors (Lipinski definition) is 0. The second-order valence-electron chi connectivity index (χ2n) is 7.25. The molecule has 3 rings (SSSR count). The van der Waals surface area contributed by atoms with Gasteiger partial charge < -0.3 is 0 Å². The number of hydrogen-bond acceptors (Lipinski definition) is 4. The van der Waals surface area contributed by atoms with Crippen molar-refractivity contribution in [3.05, 3.63) is 46.8 Å². The number of fused-ring (bicyclic) bond motifs is 3. The van der Waals surface area contributed by atoms with Crippen LogP contribution in [0.2, 0.25) is 0 Å². The highest BCUT2D eigenvalue weighted by atomic mass is 14.9. The van der Waals surface area contributed by atoms with Gasteiger partial charge in [0.15, 0.2) is 0 Å². The van der Waals surface area contributed by atoms with Gasteiger partial charge in [-0.3, -0.25) is 20.0 Å². The summed E-state index contributed by atoms with van der Waals surface area (Å²) in [4.78, 5) is 19.7. The lowest BCUT2D eigenvalue weighted by Gasteiger charge is -2.23. The summed E-state index contributed by atoms with van der Waals surface area (Å²) in [6.45, 7) is 10.0. The van der Waals surface area contributed by atoms with Crippen LogP contribution in [0.4, 0.5) is 0 Å². The number of pyridine rings is 2. The molecule has 1 aliphatic rings. The molecule has 0 fully saturated rings. The maximum absolute atomic E-state index is 5.04. The van der Waals surface area contributed by atoms with Gasteiger partial charge in [-0.2, -0.15) is 0 Å². The summed E-state index contributed by atoms with van der Waals surface area (Å²) in [7, 11) is 0. The summed E-state index contributed by atoms with van der Waals surface area (Å²) in [6.07, 6.45) is 6.66. The fraction of sp³-hybridized carbons (Fsp3) is 0.500. The quantitative estimate of drug-likeness (QED) is 0.614. The lowest BCUT2D eigenvalue weighted by molar-refractivity contribution is 0.773. The van der Waals surface area contributed by atoms with Crippen LogP contribution in [0.1, 0.15) is 75.9 Å². The van der Waals surface area contributed by atoms with Crippen LogP contribution >= 0.6 is 0 Å². The van der Waals surface area contributed by atoms with Crippen molar-refractivity contribution in [3.63, 3.8) is 0 Å². The Kier molecular flexibility index (Phi) is 7.07. The average molecular weight is 377 g/mol. The van der Waals surface area contributed by atoms with E-state index in [1.54, 1.807) is 0 Å². The minimum absolute atomic E-state index is 0.729. The molecule has 4 heteroatoms. The third kappa shape index (κ3) is 4.21. The second kappa shape index (κ2) is 9.72. The predicted molar refractivity (Wildman–Crippen MR) is 119 cm³/mol. The Morgan fingerprint density at radius 1 is 0.643 bits per heavy atom. The molecule has 0 radical (unpaired) electrons. The Hall–Kier alpha value is -2.36. The van der Waals surface area contributed by atoms with Crippen molar-refractivity contribution < 1.29 is 0 Å². The molecule has 0 spiro atoms. The summed E-state index contributed by atoms with van der Waals surface area (Å²) in [6, 6.07) is 8.65. The van der Waals surface area contributed by atoms with E-state index in [9.17, 15) is 0 Å². The number of aryl methyl sites for hydroxylation is 2. The third-order valence-electron chi connectivity index (χ3n) is 5.07. The standard InChI is InChI=1S/C24H32N4/c1-5-9-11-17-13-15-19-21(25-7-3)22(26-8-4)20-16-14-18(12-10-6-2)28-24(20)23(19)27-17/h13-16H,5-12H2,1-4H3. The van der Waals surface area contributed by atoms with Gasteiger partial charge in [-0.25, -0.2) is 0 Å². The number of aliphatic imine (C=N–C) groups is 2. The van der Waals surface area contributed by atoms with E-state index in [1.165, 1.54) is 12.8 Å². The van der Waals surface area contributed by atoms with Gasteiger partial charge in [0.1, 0.15) is 0 Å². The van der Waals surface area contributed by atoms with Crippen LogP contribution < -0.4 is 0 Å². The van der Waals surface area contributed by atoms with Crippen LogP contribution in [0.5, 0.6) is 0 Å². The van der Waals surface area contributed by atoms with E-state index < -0.39 is 0 Å². The topological polar surface area (TPSA) is 50.5 Å². The fourth-order valence-corrected chi connectivity index (χ4v) is 3.63.